The maximum atomic E-state index is 12.2. The van der Waals surface area contributed by atoms with Crippen LogP contribution in [0.25, 0.3) is 0 Å². The third-order valence-electron chi connectivity index (χ3n) is 5.00. The molecule has 2 N–H and O–H groups in total. The second-order valence-electron chi connectivity index (χ2n) is 6.27. The second kappa shape index (κ2) is 6.71. The number of amides is 1. The Balaban J connectivity index is 1.80. The first-order chi connectivity index (χ1) is 9.17. The molecule has 19 heavy (non-hydrogen) atoms. The number of carbonyl (C=O) groups excluding carboxylic acids is 1. The van der Waals surface area contributed by atoms with Crippen molar-refractivity contribution >= 4 is 5.91 Å². The molecule has 0 aromatic heterocycles. The molecule has 1 heterocycles. The van der Waals surface area contributed by atoms with Gasteiger partial charge in [-0.1, -0.05) is 19.3 Å². The van der Waals surface area contributed by atoms with E-state index in [0.717, 1.165) is 13.1 Å². The van der Waals surface area contributed by atoms with E-state index in [-0.39, 0.29) is 11.9 Å². The van der Waals surface area contributed by atoms with Gasteiger partial charge in [-0.3, -0.25) is 4.79 Å². The lowest BCUT2D eigenvalue weighted by molar-refractivity contribution is -0.135. The summed E-state index contributed by atoms with van der Waals surface area (Å²) in [5, 5.41) is 0. The van der Waals surface area contributed by atoms with Gasteiger partial charge in [-0.2, -0.15) is 0 Å². The van der Waals surface area contributed by atoms with Gasteiger partial charge in [-0.05, 0) is 37.5 Å². The molecule has 0 bridgehead atoms. The second-order valence-corrected chi connectivity index (χ2v) is 6.27. The lowest BCUT2D eigenvalue weighted by atomic mass is 9.68. The van der Waals surface area contributed by atoms with Gasteiger partial charge in [0, 0.05) is 26.8 Å². The van der Waals surface area contributed by atoms with Gasteiger partial charge in [-0.15, -0.1) is 0 Å². The molecule has 2 fully saturated rings. The quantitative estimate of drug-likeness (QED) is 0.847. The number of hydrogen-bond donors (Lipinski definition) is 1. The Hall–Kier alpha value is -0.610. The van der Waals surface area contributed by atoms with Crippen molar-refractivity contribution in [2.75, 3.05) is 26.8 Å². The summed E-state index contributed by atoms with van der Waals surface area (Å²) in [7, 11) is 1.64. The zero-order valence-corrected chi connectivity index (χ0v) is 12.2. The van der Waals surface area contributed by atoms with Crippen LogP contribution in [0.15, 0.2) is 0 Å². The molecule has 1 spiro atoms. The summed E-state index contributed by atoms with van der Waals surface area (Å²) in [4.78, 5) is 14.2. The Labute approximate surface area is 116 Å². The van der Waals surface area contributed by atoms with Crippen LogP contribution in [0.5, 0.6) is 0 Å². The number of rotatable bonds is 4. The van der Waals surface area contributed by atoms with Crippen LogP contribution < -0.4 is 5.73 Å². The zero-order chi connectivity index (χ0) is 13.7. The summed E-state index contributed by atoms with van der Waals surface area (Å²) in [6.45, 7) is 2.36. The van der Waals surface area contributed by atoms with Gasteiger partial charge >= 0.3 is 0 Å². The van der Waals surface area contributed by atoms with E-state index in [1.165, 1.54) is 44.9 Å². The Morgan fingerprint density at radius 3 is 2.42 bits per heavy atom. The number of carbonyl (C=O) groups is 1. The first kappa shape index (κ1) is 14.8. The third kappa shape index (κ3) is 3.69. The minimum absolute atomic E-state index is 0.114. The van der Waals surface area contributed by atoms with Crippen molar-refractivity contribution in [3.63, 3.8) is 0 Å². The molecule has 110 valence electrons. The fourth-order valence-corrected chi connectivity index (χ4v) is 3.61. The monoisotopic (exact) mass is 268 g/mol. The van der Waals surface area contributed by atoms with E-state index < -0.39 is 0 Å². The van der Waals surface area contributed by atoms with E-state index in [1.54, 1.807) is 7.11 Å². The average Bonchev–Trinajstić information content (AvgIpc) is 2.46. The molecular formula is C15H28N2O2. The van der Waals surface area contributed by atoms with Crippen molar-refractivity contribution < 1.29 is 9.53 Å². The van der Waals surface area contributed by atoms with Crippen LogP contribution in [0.2, 0.25) is 0 Å². The van der Waals surface area contributed by atoms with Gasteiger partial charge in [0.05, 0.1) is 6.04 Å². The van der Waals surface area contributed by atoms with Gasteiger partial charge in [0.25, 0.3) is 0 Å². The van der Waals surface area contributed by atoms with Gasteiger partial charge in [-0.25, -0.2) is 0 Å². The van der Waals surface area contributed by atoms with Crippen molar-refractivity contribution in [2.24, 2.45) is 11.1 Å². The fourth-order valence-electron chi connectivity index (χ4n) is 3.61. The van der Waals surface area contributed by atoms with Crippen LogP contribution in [-0.2, 0) is 9.53 Å². The molecule has 0 aromatic carbocycles. The van der Waals surface area contributed by atoms with E-state index in [1.807, 2.05) is 4.90 Å². The van der Waals surface area contributed by atoms with Gasteiger partial charge < -0.3 is 15.4 Å². The molecular weight excluding hydrogens is 240 g/mol. The number of ether oxygens (including phenoxy) is 1. The molecule has 1 aliphatic carbocycles. The number of piperidine rings is 1. The molecule has 0 radical (unpaired) electrons. The predicted octanol–water partition coefficient (Wildman–Crippen LogP) is 1.92. The van der Waals surface area contributed by atoms with E-state index in [9.17, 15) is 4.79 Å². The Bertz CT molecular complexity index is 291. The molecule has 1 atom stereocenters. The first-order valence-electron chi connectivity index (χ1n) is 7.70. The summed E-state index contributed by atoms with van der Waals surface area (Å²) >= 11 is 0. The lowest BCUT2D eigenvalue weighted by Gasteiger charge is -2.44. The topological polar surface area (TPSA) is 55.6 Å². The number of methoxy groups -OCH3 is 1. The van der Waals surface area contributed by atoms with Crippen molar-refractivity contribution in [3.8, 4) is 0 Å². The average molecular weight is 268 g/mol. The highest BCUT2D eigenvalue weighted by Gasteiger charge is 2.37. The zero-order valence-electron chi connectivity index (χ0n) is 12.2. The number of likely N-dealkylation sites (tertiary alicyclic amines) is 1. The number of nitrogens with two attached hydrogens (primary N) is 1. The van der Waals surface area contributed by atoms with Crippen molar-refractivity contribution in [1.29, 1.82) is 0 Å². The Kier molecular flexibility index (Phi) is 5.22. The summed E-state index contributed by atoms with van der Waals surface area (Å²) in [6, 6.07) is -0.389. The van der Waals surface area contributed by atoms with Crippen molar-refractivity contribution in [1.82, 2.24) is 4.90 Å². The van der Waals surface area contributed by atoms with E-state index >= 15 is 0 Å². The molecule has 0 aromatic rings. The molecule has 1 unspecified atom stereocenters. The lowest BCUT2D eigenvalue weighted by Crippen LogP contribution is -2.50. The number of hydrogen-bond acceptors (Lipinski definition) is 3. The largest absolute Gasteiger partial charge is 0.385 e. The maximum absolute atomic E-state index is 12.2. The van der Waals surface area contributed by atoms with Crippen molar-refractivity contribution in [3.05, 3.63) is 0 Å². The minimum Gasteiger partial charge on any atom is -0.385 e. The fraction of sp³-hybridized carbons (Fsp3) is 0.933. The summed E-state index contributed by atoms with van der Waals surface area (Å²) in [5.74, 6) is 0.114. The molecule has 2 rings (SSSR count). The molecule has 4 heteroatoms. The molecule has 1 amide bonds. The van der Waals surface area contributed by atoms with Crippen LogP contribution in [0.4, 0.5) is 0 Å². The summed E-state index contributed by atoms with van der Waals surface area (Å²) in [5.41, 5.74) is 6.48. The van der Waals surface area contributed by atoms with E-state index in [0.29, 0.717) is 18.4 Å². The first-order valence-corrected chi connectivity index (χ1v) is 7.70. The van der Waals surface area contributed by atoms with E-state index in [2.05, 4.69) is 0 Å². The van der Waals surface area contributed by atoms with Gasteiger partial charge in [0.2, 0.25) is 5.91 Å². The van der Waals surface area contributed by atoms with Crippen LogP contribution >= 0.6 is 0 Å². The highest BCUT2D eigenvalue weighted by Crippen LogP contribution is 2.44. The van der Waals surface area contributed by atoms with Crippen LogP contribution in [0.1, 0.15) is 51.4 Å². The third-order valence-corrected chi connectivity index (χ3v) is 5.00. The predicted molar refractivity (Wildman–Crippen MR) is 75.8 cm³/mol. The Morgan fingerprint density at radius 2 is 1.84 bits per heavy atom. The summed E-state index contributed by atoms with van der Waals surface area (Å²) in [6.07, 6.45) is 9.85. The molecule has 1 aliphatic heterocycles. The highest BCUT2D eigenvalue weighted by atomic mass is 16.5. The standard InChI is InChI=1S/C15H28N2O2/c1-19-12-5-13(16)14(18)17-10-8-15(9-11-17)6-3-2-4-7-15/h13H,2-12,16H2,1H3. The van der Waals surface area contributed by atoms with Crippen LogP contribution in [0, 0.1) is 5.41 Å². The van der Waals surface area contributed by atoms with Crippen molar-refractivity contribution in [2.45, 2.75) is 57.4 Å². The van der Waals surface area contributed by atoms with Crippen LogP contribution in [0.3, 0.4) is 0 Å². The molecule has 2 aliphatic rings. The maximum Gasteiger partial charge on any atom is 0.239 e. The highest BCUT2D eigenvalue weighted by molar-refractivity contribution is 5.81. The Morgan fingerprint density at radius 1 is 1.21 bits per heavy atom. The molecule has 1 saturated carbocycles. The molecule has 4 nitrogen and oxygen atoms in total. The van der Waals surface area contributed by atoms with E-state index in [4.69, 9.17) is 10.5 Å². The number of nitrogens with zero attached hydrogens (tertiary/aromatic N) is 1. The minimum atomic E-state index is -0.389. The van der Waals surface area contributed by atoms with Crippen LogP contribution in [-0.4, -0.2) is 43.7 Å². The normalized spacial score (nSPS) is 24.4. The SMILES string of the molecule is COCCC(N)C(=O)N1CCC2(CCCCC2)CC1. The molecule has 1 saturated heterocycles. The summed E-state index contributed by atoms with van der Waals surface area (Å²) < 4.78 is 4.99. The van der Waals surface area contributed by atoms with Gasteiger partial charge in [0.15, 0.2) is 0 Å². The van der Waals surface area contributed by atoms with Gasteiger partial charge in [0.1, 0.15) is 0 Å². The smallest absolute Gasteiger partial charge is 0.239 e.